The summed E-state index contributed by atoms with van der Waals surface area (Å²) in [7, 11) is -5.06. The van der Waals surface area contributed by atoms with Crippen LogP contribution in [0.5, 0.6) is 0 Å². The van der Waals surface area contributed by atoms with Gasteiger partial charge in [-0.25, -0.2) is 4.57 Å². The molecule has 1 rings (SSSR count). The summed E-state index contributed by atoms with van der Waals surface area (Å²) < 4.78 is 32.2. The molecule has 1 aliphatic carbocycles. The predicted molar refractivity (Wildman–Crippen MR) is 120 cm³/mol. The van der Waals surface area contributed by atoms with E-state index >= 15 is 0 Å². The van der Waals surface area contributed by atoms with Crippen LogP contribution in [0.4, 0.5) is 0 Å². The summed E-state index contributed by atoms with van der Waals surface area (Å²) in [6.07, 6.45) is -8.31. The van der Waals surface area contributed by atoms with Gasteiger partial charge in [0.1, 0.15) is 43.2 Å². The van der Waals surface area contributed by atoms with Crippen LogP contribution in [0.3, 0.4) is 0 Å². The standard InChI is InChI=1S/C21H39O13P/c1-3-5-7-9-14(22)31-11-13(33-15(23)10-8-6-4-2)12-32-35(29,30)34-21-19(27)17(25)16(24)18(26)20(21)28/h13,16-21,24-28H,3-12H2,1-2H3,(H,29,30)/t13-,16?,17-,18+,19+,20+,21?/m1/s1. The van der Waals surface area contributed by atoms with Gasteiger partial charge in [0.05, 0.1) is 6.61 Å². The molecule has 0 saturated heterocycles. The molecule has 1 saturated carbocycles. The number of unbranched alkanes of at least 4 members (excludes halogenated alkanes) is 4. The van der Waals surface area contributed by atoms with Gasteiger partial charge < -0.3 is 39.9 Å². The van der Waals surface area contributed by atoms with Crippen molar-refractivity contribution in [3.05, 3.63) is 0 Å². The molecular weight excluding hydrogens is 491 g/mol. The molecule has 14 heteroatoms. The summed E-state index contributed by atoms with van der Waals surface area (Å²) in [5, 5.41) is 49.0. The first-order valence-electron chi connectivity index (χ1n) is 11.8. The first kappa shape index (κ1) is 31.9. The van der Waals surface area contributed by atoms with E-state index in [1.165, 1.54) is 0 Å². The van der Waals surface area contributed by atoms with Crippen LogP contribution in [-0.4, -0.2) is 98.3 Å². The number of hydrogen-bond donors (Lipinski definition) is 6. The van der Waals surface area contributed by atoms with E-state index in [-0.39, 0.29) is 12.8 Å². The van der Waals surface area contributed by atoms with Crippen molar-refractivity contribution in [1.82, 2.24) is 0 Å². The maximum atomic E-state index is 12.4. The number of aliphatic hydroxyl groups excluding tert-OH is 5. The molecule has 0 aromatic carbocycles. The molecule has 6 N–H and O–H groups in total. The van der Waals surface area contributed by atoms with E-state index in [1.54, 1.807) is 0 Å². The quantitative estimate of drug-likeness (QED) is 0.0877. The third kappa shape index (κ3) is 11.2. The van der Waals surface area contributed by atoms with Crippen LogP contribution in [0.1, 0.15) is 65.2 Å². The van der Waals surface area contributed by atoms with Crippen LogP contribution in [0.25, 0.3) is 0 Å². The van der Waals surface area contributed by atoms with Gasteiger partial charge in [-0.1, -0.05) is 39.5 Å². The molecule has 0 amide bonds. The van der Waals surface area contributed by atoms with Gasteiger partial charge in [0.2, 0.25) is 0 Å². The number of esters is 2. The van der Waals surface area contributed by atoms with Crippen molar-refractivity contribution in [2.24, 2.45) is 0 Å². The van der Waals surface area contributed by atoms with Gasteiger partial charge in [-0.15, -0.1) is 0 Å². The predicted octanol–water partition coefficient (Wildman–Crippen LogP) is -0.0777. The molecule has 0 heterocycles. The van der Waals surface area contributed by atoms with E-state index in [2.05, 4.69) is 0 Å². The Kier molecular flexibility index (Phi) is 14.4. The number of hydrogen-bond acceptors (Lipinski definition) is 12. The number of carbonyl (C=O) groups is 2. The Hall–Kier alpha value is -1.15. The zero-order valence-electron chi connectivity index (χ0n) is 20.1. The minimum absolute atomic E-state index is 0.0840. The van der Waals surface area contributed by atoms with Gasteiger partial charge in [-0.2, -0.15) is 0 Å². The van der Waals surface area contributed by atoms with E-state index in [9.17, 15) is 44.6 Å². The molecule has 13 nitrogen and oxygen atoms in total. The van der Waals surface area contributed by atoms with E-state index in [0.717, 1.165) is 25.7 Å². The van der Waals surface area contributed by atoms with Crippen LogP contribution in [0.15, 0.2) is 0 Å². The lowest BCUT2D eigenvalue weighted by Gasteiger charge is -2.41. The molecule has 0 aliphatic heterocycles. The van der Waals surface area contributed by atoms with Crippen molar-refractivity contribution in [1.29, 1.82) is 0 Å². The number of aliphatic hydroxyl groups is 5. The normalized spacial score (nSPS) is 29.3. The van der Waals surface area contributed by atoms with E-state index < -0.39 is 75.7 Å². The zero-order chi connectivity index (χ0) is 26.6. The summed E-state index contributed by atoms with van der Waals surface area (Å²) in [5.41, 5.74) is 0. The SMILES string of the molecule is CCCCCC(=O)OC[C@H](COP(=O)(O)OC1[C@@H](O)[C@H](O)C(O)[C@H](O)[C@@H]1O)OC(=O)CCCCC. The first-order chi connectivity index (χ1) is 16.4. The molecule has 3 unspecified atom stereocenters. The van der Waals surface area contributed by atoms with Crippen molar-refractivity contribution >= 4 is 19.8 Å². The highest BCUT2D eigenvalue weighted by molar-refractivity contribution is 7.47. The Morgan fingerprint density at radius 2 is 1.26 bits per heavy atom. The van der Waals surface area contributed by atoms with E-state index in [0.29, 0.717) is 12.8 Å². The average molecular weight is 531 g/mol. The van der Waals surface area contributed by atoms with Crippen LogP contribution >= 0.6 is 7.82 Å². The Bertz CT molecular complexity index is 674. The highest BCUT2D eigenvalue weighted by Gasteiger charge is 2.51. The molecule has 0 bridgehead atoms. The first-order valence-corrected chi connectivity index (χ1v) is 13.3. The largest absolute Gasteiger partial charge is 0.472 e. The number of phosphoric acid groups is 1. The molecule has 0 radical (unpaired) electrons. The fourth-order valence-electron chi connectivity index (χ4n) is 3.34. The lowest BCUT2D eigenvalue weighted by Crippen LogP contribution is -2.64. The van der Waals surface area contributed by atoms with Crippen molar-refractivity contribution in [2.75, 3.05) is 13.2 Å². The van der Waals surface area contributed by atoms with E-state index in [1.807, 2.05) is 13.8 Å². The molecule has 1 aliphatic rings. The van der Waals surface area contributed by atoms with Gasteiger partial charge in [0, 0.05) is 12.8 Å². The monoisotopic (exact) mass is 530 g/mol. The molecule has 1 fully saturated rings. The lowest BCUT2D eigenvalue weighted by atomic mass is 9.85. The van der Waals surface area contributed by atoms with Gasteiger partial charge in [0.25, 0.3) is 0 Å². The topological polar surface area (TPSA) is 210 Å². The molecule has 0 aromatic rings. The lowest BCUT2D eigenvalue weighted by molar-refractivity contribution is -0.220. The van der Waals surface area contributed by atoms with Crippen LogP contribution in [-0.2, 0) is 32.7 Å². The van der Waals surface area contributed by atoms with Gasteiger partial charge in [-0.05, 0) is 12.8 Å². The van der Waals surface area contributed by atoms with Crippen molar-refractivity contribution in [2.45, 2.75) is 108 Å². The summed E-state index contributed by atoms with van der Waals surface area (Å²) in [6, 6.07) is 0. The molecule has 8 atom stereocenters. The van der Waals surface area contributed by atoms with Gasteiger partial charge in [0.15, 0.2) is 6.10 Å². The van der Waals surface area contributed by atoms with Gasteiger partial charge in [-0.3, -0.25) is 18.6 Å². The molecule has 0 spiro atoms. The smallest absolute Gasteiger partial charge is 0.462 e. The number of phosphoric ester groups is 1. The highest BCUT2D eigenvalue weighted by Crippen LogP contribution is 2.47. The Morgan fingerprint density at radius 1 is 0.771 bits per heavy atom. The molecule has 35 heavy (non-hydrogen) atoms. The summed E-state index contributed by atoms with van der Waals surface area (Å²) in [6.45, 7) is 2.75. The highest BCUT2D eigenvalue weighted by atomic mass is 31.2. The summed E-state index contributed by atoms with van der Waals surface area (Å²) in [5.74, 6) is -1.16. The Morgan fingerprint density at radius 3 is 1.77 bits per heavy atom. The third-order valence-corrected chi connectivity index (χ3v) is 6.43. The van der Waals surface area contributed by atoms with Crippen LogP contribution in [0.2, 0.25) is 0 Å². The fourth-order valence-corrected chi connectivity index (χ4v) is 4.31. The Balaban J connectivity index is 2.74. The number of ether oxygens (including phenoxy) is 2. The molecular formula is C21H39O13P. The van der Waals surface area contributed by atoms with E-state index in [4.69, 9.17) is 18.5 Å². The Labute approximate surface area is 204 Å². The summed E-state index contributed by atoms with van der Waals surface area (Å²) >= 11 is 0. The minimum atomic E-state index is -5.06. The third-order valence-electron chi connectivity index (χ3n) is 5.45. The molecule has 206 valence electrons. The van der Waals surface area contributed by atoms with Crippen molar-refractivity contribution < 1.29 is 63.1 Å². The number of rotatable bonds is 16. The second kappa shape index (κ2) is 15.9. The van der Waals surface area contributed by atoms with Crippen LogP contribution in [0, 0.1) is 0 Å². The molecule has 0 aromatic heterocycles. The minimum Gasteiger partial charge on any atom is -0.462 e. The average Bonchev–Trinajstić information content (AvgIpc) is 2.81. The maximum Gasteiger partial charge on any atom is 0.472 e. The summed E-state index contributed by atoms with van der Waals surface area (Å²) in [4.78, 5) is 34.0. The van der Waals surface area contributed by atoms with Crippen molar-refractivity contribution in [3.8, 4) is 0 Å². The maximum absolute atomic E-state index is 12.4. The van der Waals surface area contributed by atoms with Crippen LogP contribution < -0.4 is 0 Å². The second-order valence-electron chi connectivity index (χ2n) is 8.50. The van der Waals surface area contributed by atoms with Gasteiger partial charge >= 0.3 is 19.8 Å². The second-order valence-corrected chi connectivity index (χ2v) is 9.90. The van der Waals surface area contributed by atoms with Crippen molar-refractivity contribution in [3.63, 3.8) is 0 Å². The number of carbonyl (C=O) groups excluding carboxylic acids is 2. The fraction of sp³-hybridized carbons (Fsp3) is 0.905. The zero-order valence-corrected chi connectivity index (χ0v) is 21.0.